The second-order valence-corrected chi connectivity index (χ2v) is 9.36. The number of amides is 3. The van der Waals surface area contributed by atoms with Crippen molar-refractivity contribution in [3.63, 3.8) is 0 Å². The van der Waals surface area contributed by atoms with Crippen LogP contribution in [-0.4, -0.2) is 67.3 Å². The van der Waals surface area contributed by atoms with Crippen molar-refractivity contribution in [2.24, 2.45) is 5.92 Å². The molecule has 0 radical (unpaired) electrons. The molecule has 2 heterocycles. The molecule has 5 N–H and O–H groups in total. The van der Waals surface area contributed by atoms with Crippen LogP contribution in [-0.2, 0) is 9.53 Å². The normalized spacial score (nSPS) is 39.1. The van der Waals surface area contributed by atoms with Gasteiger partial charge in [0.15, 0.2) is 0 Å². The van der Waals surface area contributed by atoms with Crippen molar-refractivity contribution in [2.45, 2.75) is 93.8 Å². The highest BCUT2D eigenvalue weighted by atomic mass is 19.4. The highest BCUT2D eigenvalue weighted by Gasteiger charge is 2.45. The lowest BCUT2D eigenvalue weighted by atomic mass is 9.84. The number of carbonyl (C=O) groups is 2. The zero-order valence-electron chi connectivity index (χ0n) is 18.2. The summed E-state index contributed by atoms with van der Waals surface area (Å²) in [6.45, 7) is 0.226. The molecule has 186 valence electrons. The third-order valence-corrected chi connectivity index (χ3v) is 6.94. The van der Waals surface area contributed by atoms with E-state index in [2.05, 4.69) is 26.6 Å². The van der Waals surface area contributed by atoms with E-state index < -0.39 is 36.8 Å². The van der Waals surface area contributed by atoms with Crippen molar-refractivity contribution >= 4 is 11.9 Å². The largest absolute Gasteiger partial charge is 0.391 e. The highest BCUT2D eigenvalue weighted by Crippen LogP contribution is 2.38. The Hall–Kier alpha value is -2.08. The molecular formula is C21H31F4N5O3. The molecule has 0 spiro atoms. The smallest absolute Gasteiger partial charge is 0.374 e. The molecule has 33 heavy (non-hydrogen) atoms. The molecule has 8 unspecified atom stereocenters. The number of ether oxygens (including phenoxy) is 1. The van der Waals surface area contributed by atoms with Crippen LogP contribution in [0.4, 0.5) is 22.4 Å². The van der Waals surface area contributed by atoms with Gasteiger partial charge in [-0.3, -0.25) is 10.1 Å². The molecule has 3 amide bonds. The van der Waals surface area contributed by atoms with Crippen LogP contribution in [0.1, 0.15) is 44.9 Å². The van der Waals surface area contributed by atoms with Crippen molar-refractivity contribution in [1.82, 2.24) is 26.6 Å². The number of rotatable bonds is 4. The van der Waals surface area contributed by atoms with Crippen LogP contribution in [0.15, 0.2) is 12.3 Å². The molecule has 2 aliphatic heterocycles. The Kier molecular flexibility index (Phi) is 7.32. The molecule has 0 bridgehead atoms. The maximum atomic E-state index is 14.2. The third kappa shape index (κ3) is 6.08. The monoisotopic (exact) mass is 477 g/mol. The van der Waals surface area contributed by atoms with Crippen LogP contribution in [0, 0.1) is 5.92 Å². The molecule has 4 rings (SSSR count). The summed E-state index contributed by atoms with van der Waals surface area (Å²) < 4.78 is 59.4. The van der Waals surface area contributed by atoms with E-state index in [9.17, 15) is 27.2 Å². The van der Waals surface area contributed by atoms with E-state index in [-0.39, 0.29) is 55.8 Å². The summed E-state index contributed by atoms with van der Waals surface area (Å²) in [6, 6.07) is -2.30. The van der Waals surface area contributed by atoms with Gasteiger partial charge in [-0.25, -0.2) is 9.18 Å². The summed E-state index contributed by atoms with van der Waals surface area (Å²) >= 11 is 0. The average Bonchev–Trinajstić information content (AvgIpc) is 2.75. The van der Waals surface area contributed by atoms with Gasteiger partial charge < -0.3 is 26.0 Å². The SMILES string of the molecule is O=C1CNC2NC=CC(OC3CCCC(NC(=O)NC4CC(C(F)(F)F)CCC4F)C3)C2N1. The molecule has 12 heteroatoms. The summed E-state index contributed by atoms with van der Waals surface area (Å²) in [6.07, 6.45) is -0.969. The lowest BCUT2D eigenvalue weighted by Crippen LogP contribution is -2.68. The zero-order valence-corrected chi connectivity index (χ0v) is 18.2. The van der Waals surface area contributed by atoms with Crippen LogP contribution in [0.25, 0.3) is 0 Å². The Labute approximate surface area is 189 Å². The number of nitrogens with one attached hydrogen (secondary N) is 5. The van der Waals surface area contributed by atoms with E-state index >= 15 is 0 Å². The van der Waals surface area contributed by atoms with Gasteiger partial charge in [0.2, 0.25) is 5.91 Å². The first-order chi connectivity index (χ1) is 15.7. The second kappa shape index (κ2) is 10.0. The van der Waals surface area contributed by atoms with Crippen molar-refractivity contribution < 1.29 is 31.9 Å². The van der Waals surface area contributed by atoms with Crippen LogP contribution >= 0.6 is 0 Å². The number of urea groups is 1. The molecule has 8 nitrogen and oxygen atoms in total. The number of carbonyl (C=O) groups excluding carboxylic acids is 2. The maximum absolute atomic E-state index is 14.2. The molecule has 8 atom stereocenters. The molecule has 0 aromatic rings. The first-order valence-corrected chi connectivity index (χ1v) is 11.6. The number of hydrogen-bond donors (Lipinski definition) is 5. The van der Waals surface area contributed by atoms with Crippen molar-refractivity contribution in [1.29, 1.82) is 0 Å². The van der Waals surface area contributed by atoms with Crippen molar-refractivity contribution in [3.05, 3.63) is 12.3 Å². The van der Waals surface area contributed by atoms with Gasteiger partial charge in [0.25, 0.3) is 0 Å². The Morgan fingerprint density at radius 2 is 1.94 bits per heavy atom. The number of alkyl halides is 4. The van der Waals surface area contributed by atoms with E-state index in [4.69, 9.17) is 4.74 Å². The summed E-state index contributed by atoms with van der Waals surface area (Å²) in [5, 5.41) is 14.4. The van der Waals surface area contributed by atoms with Crippen LogP contribution < -0.4 is 26.6 Å². The van der Waals surface area contributed by atoms with E-state index in [0.717, 1.165) is 12.8 Å². The standard InChI is InChI=1S/C21H31F4N5O3/c22-14-5-4-11(21(23,24)25)8-15(14)29-20(32)28-12-2-1-3-13(9-12)33-16-6-7-26-19-18(16)30-17(31)10-27-19/h6-7,11-16,18-19,26-27H,1-5,8-10H2,(H,30,31)(H2,28,29,32). The second-order valence-electron chi connectivity index (χ2n) is 9.36. The highest BCUT2D eigenvalue weighted by molar-refractivity contribution is 5.79. The molecule has 0 aromatic heterocycles. The molecule has 4 aliphatic rings. The molecule has 1 saturated heterocycles. The number of hydrogen-bond acceptors (Lipinski definition) is 5. The Morgan fingerprint density at radius 3 is 2.73 bits per heavy atom. The summed E-state index contributed by atoms with van der Waals surface area (Å²) in [7, 11) is 0. The fourth-order valence-corrected chi connectivity index (χ4v) is 5.19. The fraction of sp³-hybridized carbons (Fsp3) is 0.810. The quantitative estimate of drug-likeness (QED) is 0.396. The minimum atomic E-state index is -4.39. The summed E-state index contributed by atoms with van der Waals surface area (Å²) in [5.41, 5.74) is 0. The van der Waals surface area contributed by atoms with Crippen LogP contribution in [0.3, 0.4) is 0 Å². The predicted octanol–water partition coefficient (Wildman–Crippen LogP) is 1.58. The minimum absolute atomic E-state index is 0.108. The first-order valence-electron chi connectivity index (χ1n) is 11.6. The van der Waals surface area contributed by atoms with Gasteiger partial charge in [-0.2, -0.15) is 13.2 Å². The lowest BCUT2D eigenvalue weighted by Gasteiger charge is -2.42. The molecule has 3 fully saturated rings. The first kappa shape index (κ1) is 24.1. The van der Waals surface area contributed by atoms with E-state index in [1.165, 1.54) is 0 Å². The Balaban J connectivity index is 1.27. The average molecular weight is 478 g/mol. The van der Waals surface area contributed by atoms with Gasteiger partial charge in [0.05, 0.1) is 30.7 Å². The predicted molar refractivity (Wildman–Crippen MR) is 111 cm³/mol. The van der Waals surface area contributed by atoms with Gasteiger partial charge >= 0.3 is 12.2 Å². The fourth-order valence-electron chi connectivity index (χ4n) is 5.19. The maximum Gasteiger partial charge on any atom is 0.391 e. The summed E-state index contributed by atoms with van der Waals surface area (Å²) in [5.74, 6) is -1.71. The van der Waals surface area contributed by atoms with E-state index in [1.807, 2.05) is 6.08 Å². The van der Waals surface area contributed by atoms with E-state index in [1.54, 1.807) is 6.20 Å². The number of fused-ring (bicyclic) bond motifs is 1. The summed E-state index contributed by atoms with van der Waals surface area (Å²) in [4.78, 5) is 24.2. The zero-order chi connectivity index (χ0) is 23.6. The number of piperazine rings is 1. The molecular weight excluding hydrogens is 446 g/mol. The Bertz CT molecular complexity index is 752. The molecule has 0 aromatic carbocycles. The molecule has 2 saturated carbocycles. The number of halogens is 4. The van der Waals surface area contributed by atoms with Gasteiger partial charge in [-0.05, 0) is 57.2 Å². The van der Waals surface area contributed by atoms with Gasteiger partial charge in [-0.15, -0.1) is 0 Å². The topological polar surface area (TPSA) is 104 Å². The van der Waals surface area contributed by atoms with Gasteiger partial charge in [0.1, 0.15) is 18.4 Å². The van der Waals surface area contributed by atoms with E-state index in [0.29, 0.717) is 12.8 Å². The van der Waals surface area contributed by atoms with Crippen LogP contribution in [0.5, 0.6) is 0 Å². The van der Waals surface area contributed by atoms with Gasteiger partial charge in [0, 0.05) is 6.04 Å². The molecule has 2 aliphatic carbocycles. The van der Waals surface area contributed by atoms with Crippen molar-refractivity contribution in [2.75, 3.05) is 6.54 Å². The third-order valence-electron chi connectivity index (χ3n) is 6.94. The Morgan fingerprint density at radius 1 is 1.12 bits per heavy atom. The van der Waals surface area contributed by atoms with Crippen LogP contribution in [0.2, 0.25) is 0 Å². The minimum Gasteiger partial charge on any atom is -0.374 e. The lowest BCUT2D eigenvalue weighted by molar-refractivity contribution is -0.186. The van der Waals surface area contributed by atoms with Crippen molar-refractivity contribution in [3.8, 4) is 0 Å². The van der Waals surface area contributed by atoms with Gasteiger partial charge in [-0.1, -0.05) is 0 Å².